The summed E-state index contributed by atoms with van der Waals surface area (Å²) in [5.41, 5.74) is 6.22. The Morgan fingerprint density at radius 1 is 1.45 bits per heavy atom. The van der Waals surface area contributed by atoms with Gasteiger partial charge in [-0.3, -0.25) is 4.79 Å². The van der Waals surface area contributed by atoms with Crippen molar-refractivity contribution in [2.75, 3.05) is 26.0 Å². The Bertz CT molecular complexity index is 493. The predicted molar refractivity (Wildman–Crippen MR) is 78.3 cm³/mol. The molecule has 6 nitrogen and oxygen atoms in total. The minimum absolute atomic E-state index is 0.218. The van der Waals surface area contributed by atoms with Crippen LogP contribution in [0.2, 0.25) is 0 Å². The smallest absolute Gasteiger partial charge is 0.341 e. The number of methoxy groups -OCH3 is 1. The van der Waals surface area contributed by atoms with Crippen LogP contribution in [0.15, 0.2) is 22.7 Å². The highest BCUT2D eigenvalue weighted by atomic mass is 79.9. The Hall–Kier alpha value is -1.60. The number of anilines is 1. The molecule has 0 saturated carbocycles. The largest absolute Gasteiger partial charge is 0.449 e. The standard InChI is InChI=1S/C13H17BrN2O4/c1-8(12(17)16-5-6-19-2)20-13(18)10-7-9(14)3-4-11(10)15/h3-4,7-8H,5-6,15H2,1-2H3,(H,16,17)/t8-/m0/s1. The molecule has 0 heterocycles. The van der Waals surface area contributed by atoms with E-state index in [1.54, 1.807) is 18.2 Å². The lowest BCUT2D eigenvalue weighted by Gasteiger charge is -2.14. The van der Waals surface area contributed by atoms with Crippen LogP contribution < -0.4 is 11.1 Å². The van der Waals surface area contributed by atoms with E-state index in [0.717, 1.165) is 0 Å². The quantitative estimate of drug-likeness (QED) is 0.461. The molecule has 3 N–H and O–H groups in total. The van der Waals surface area contributed by atoms with E-state index in [1.807, 2.05) is 0 Å². The van der Waals surface area contributed by atoms with Crippen LogP contribution in [0.25, 0.3) is 0 Å². The Kier molecular flexibility index (Phi) is 6.47. The van der Waals surface area contributed by atoms with Gasteiger partial charge in [0.25, 0.3) is 5.91 Å². The van der Waals surface area contributed by atoms with E-state index >= 15 is 0 Å². The minimum Gasteiger partial charge on any atom is -0.449 e. The second-order valence-electron chi connectivity index (χ2n) is 4.06. The number of hydrogen-bond donors (Lipinski definition) is 2. The van der Waals surface area contributed by atoms with E-state index in [0.29, 0.717) is 23.3 Å². The maximum atomic E-state index is 11.9. The molecule has 1 rings (SSSR count). The van der Waals surface area contributed by atoms with Crippen molar-refractivity contribution in [1.29, 1.82) is 0 Å². The van der Waals surface area contributed by atoms with Gasteiger partial charge in [0.15, 0.2) is 6.10 Å². The topological polar surface area (TPSA) is 90.6 Å². The number of amides is 1. The van der Waals surface area contributed by atoms with Crippen LogP contribution >= 0.6 is 15.9 Å². The zero-order valence-corrected chi connectivity index (χ0v) is 12.9. The maximum Gasteiger partial charge on any atom is 0.341 e. The number of esters is 1. The second-order valence-corrected chi connectivity index (χ2v) is 4.98. The molecule has 0 fully saturated rings. The third-order valence-electron chi connectivity index (χ3n) is 2.49. The van der Waals surface area contributed by atoms with Crippen molar-refractivity contribution in [2.24, 2.45) is 0 Å². The zero-order valence-electron chi connectivity index (χ0n) is 11.3. The van der Waals surface area contributed by atoms with Crippen molar-refractivity contribution in [1.82, 2.24) is 5.32 Å². The fourth-order valence-electron chi connectivity index (χ4n) is 1.40. The molecule has 1 atom stereocenters. The van der Waals surface area contributed by atoms with Gasteiger partial charge >= 0.3 is 5.97 Å². The number of ether oxygens (including phenoxy) is 2. The summed E-state index contributed by atoms with van der Waals surface area (Å²) < 4.78 is 10.6. The molecular weight excluding hydrogens is 328 g/mol. The Labute approximate surface area is 125 Å². The molecule has 0 aliphatic rings. The summed E-state index contributed by atoms with van der Waals surface area (Å²) in [7, 11) is 1.53. The maximum absolute atomic E-state index is 11.9. The number of nitrogen functional groups attached to an aromatic ring is 1. The van der Waals surface area contributed by atoms with Gasteiger partial charge in [-0.05, 0) is 25.1 Å². The van der Waals surface area contributed by atoms with Gasteiger partial charge < -0.3 is 20.5 Å². The highest BCUT2D eigenvalue weighted by Crippen LogP contribution is 2.19. The van der Waals surface area contributed by atoms with Crippen molar-refractivity contribution in [2.45, 2.75) is 13.0 Å². The van der Waals surface area contributed by atoms with Gasteiger partial charge in [0, 0.05) is 23.8 Å². The lowest BCUT2D eigenvalue weighted by atomic mass is 10.2. The van der Waals surface area contributed by atoms with Crippen molar-refractivity contribution in [3.05, 3.63) is 28.2 Å². The summed E-state index contributed by atoms with van der Waals surface area (Å²) in [6, 6.07) is 4.85. The van der Waals surface area contributed by atoms with Crippen molar-refractivity contribution in [3.63, 3.8) is 0 Å². The van der Waals surface area contributed by atoms with Crippen molar-refractivity contribution in [3.8, 4) is 0 Å². The van der Waals surface area contributed by atoms with E-state index in [2.05, 4.69) is 21.2 Å². The predicted octanol–water partition coefficient (Wildman–Crippen LogP) is 1.34. The zero-order chi connectivity index (χ0) is 15.1. The molecule has 7 heteroatoms. The van der Waals surface area contributed by atoms with Gasteiger partial charge in [0.1, 0.15) is 0 Å². The molecule has 0 radical (unpaired) electrons. The highest BCUT2D eigenvalue weighted by Gasteiger charge is 2.20. The molecule has 0 aliphatic heterocycles. The number of rotatable bonds is 6. The van der Waals surface area contributed by atoms with Crippen LogP contribution in [0.4, 0.5) is 5.69 Å². The van der Waals surface area contributed by atoms with E-state index < -0.39 is 12.1 Å². The van der Waals surface area contributed by atoms with E-state index in [9.17, 15) is 9.59 Å². The number of nitrogens with two attached hydrogens (primary N) is 1. The van der Waals surface area contributed by atoms with Gasteiger partial charge in [-0.25, -0.2) is 4.79 Å². The Balaban J connectivity index is 2.61. The number of hydrogen-bond acceptors (Lipinski definition) is 5. The molecule has 0 saturated heterocycles. The third-order valence-corrected chi connectivity index (χ3v) is 2.99. The molecule has 0 aliphatic carbocycles. The Morgan fingerprint density at radius 2 is 2.15 bits per heavy atom. The average Bonchev–Trinajstić information content (AvgIpc) is 2.41. The van der Waals surface area contributed by atoms with E-state index in [4.69, 9.17) is 15.2 Å². The number of nitrogens with one attached hydrogen (secondary N) is 1. The van der Waals surface area contributed by atoms with Gasteiger partial charge in [-0.2, -0.15) is 0 Å². The molecule has 1 aromatic carbocycles. The van der Waals surface area contributed by atoms with Crippen molar-refractivity contribution >= 4 is 33.5 Å². The molecule has 110 valence electrons. The van der Waals surface area contributed by atoms with Gasteiger partial charge in [0.05, 0.1) is 12.2 Å². The molecule has 0 aromatic heterocycles. The lowest BCUT2D eigenvalue weighted by Crippen LogP contribution is -2.37. The van der Waals surface area contributed by atoms with Crippen LogP contribution in [-0.2, 0) is 14.3 Å². The SMILES string of the molecule is COCCNC(=O)[C@H](C)OC(=O)c1cc(Br)ccc1N. The first-order valence-electron chi connectivity index (χ1n) is 5.98. The number of carbonyl (C=O) groups is 2. The van der Waals surface area contributed by atoms with Crippen LogP contribution in [0.1, 0.15) is 17.3 Å². The lowest BCUT2D eigenvalue weighted by molar-refractivity contribution is -0.129. The van der Waals surface area contributed by atoms with E-state index in [-0.39, 0.29) is 11.5 Å². The van der Waals surface area contributed by atoms with Crippen molar-refractivity contribution < 1.29 is 19.1 Å². The van der Waals surface area contributed by atoms with Crippen LogP contribution in [0.3, 0.4) is 0 Å². The first-order valence-corrected chi connectivity index (χ1v) is 6.77. The van der Waals surface area contributed by atoms with E-state index in [1.165, 1.54) is 14.0 Å². The monoisotopic (exact) mass is 344 g/mol. The minimum atomic E-state index is -0.905. The van der Waals surface area contributed by atoms with Crippen LogP contribution in [0, 0.1) is 0 Å². The molecular formula is C13H17BrN2O4. The summed E-state index contributed by atoms with van der Waals surface area (Å²) in [4.78, 5) is 23.6. The first-order chi connectivity index (χ1) is 9.45. The molecule has 0 spiro atoms. The fourth-order valence-corrected chi connectivity index (χ4v) is 1.76. The molecule has 1 amide bonds. The summed E-state index contributed by atoms with van der Waals surface area (Å²) >= 11 is 3.25. The summed E-state index contributed by atoms with van der Waals surface area (Å²) in [6.07, 6.45) is -0.905. The number of halogens is 1. The Morgan fingerprint density at radius 3 is 2.80 bits per heavy atom. The first kappa shape index (κ1) is 16.5. The summed E-state index contributed by atoms with van der Waals surface area (Å²) in [5, 5.41) is 2.58. The van der Waals surface area contributed by atoms with Crippen LogP contribution in [-0.4, -0.2) is 38.2 Å². The fraction of sp³-hybridized carbons (Fsp3) is 0.385. The van der Waals surface area contributed by atoms with Crippen LogP contribution in [0.5, 0.6) is 0 Å². The molecule has 0 bridgehead atoms. The molecule has 0 unspecified atom stereocenters. The molecule has 20 heavy (non-hydrogen) atoms. The molecule has 1 aromatic rings. The second kappa shape index (κ2) is 7.86. The summed E-state index contributed by atoms with van der Waals surface area (Å²) in [6.45, 7) is 2.25. The summed E-state index contributed by atoms with van der Waals surface area (Å²) in [5.74, 6) is -1.03. The number of benzene rings is 1. The van der Waals surface area contributed by atoms with Gasteiger partial charge in [-0.15, -0.1) is 0 Å². The average molecular weight is 345 g/mol. The van der Waals surface area contributed by atoms with Gasteiger partial charge in [0.2, 0.25) is 0 Å². The normalized spacial score (nSPS) is 11.8. The highest BCUT2D eigenvalue weighted by molar-refractivity contribution is 9.10. The third kappa shape index (κ3) is 4.82. The van der Waals surface area contributed by atoms with Gasteiger partial charge in [-0.1, -0.05) is 15.9 Å². The number of carbonyl (C=O) groups excluding carboxylic acids is 2.